The number of thiazole rings is 1. The largest absolute Gasteiger partial charge is 0.476 e. The number of hydrogen-bond donors (Lipinski definition) is 4. The molecule has 156 valence electrons. The molecule has 29 heavy (non-hydrogen) atoms. The number of thioether (sulfide) groups is 1. The molecule has 1 aromatic heterocycles. The number of carboxylic acid groups (broad SMARTS) is 1. The quantitative estimate of drug-likeness (QED) is 0.270. The minimum atomic E-state index is -4.33. The molecule has 2 rings (SSSR count). The van der Waals surface area contributed by atoms with Gasteiger partial charge in [-0.25, -0.2) is 22.6 Å². The molecular weight excluding hydrogens is 447 g/mol. The van der Waals surface area contributed by atoms with E-state index in [1.165, 1.54) is 0 Å². The number of carbonyl (C=O) groups is 2. The number of aromatic carboxylic acids is 1. The highest BCUT2D eigenvalue weighted by Crippen LogP contribution is 2.28. The van der Waals surface area contributed by atoms with Gasteiger partial charge < -0.3 is 16.6 Å². The molecule has 0 bridgehead atoms. The second-order valence-corrected chi connectivity index (χ2v) is 8.84. The van der Waals surface area contributed by atoms with E-state index in [4.69, 9.17) is 16.6 Å². The number of halogens is 1. The molecule has 0 saturated carbocycles. The average molecular weight is 463 g/mol. The zero-order valence-electron chi connectivity index (χ0n) is 14.7. The van der Waals surface area contributed by atoms with Crippen molar-refractivity contribution in [1.82, 2.24) is 4.98 Å². The number of hydrogen-bond acceptors (Lipinski definition) is 8. The second kappa shape index (κ2) is 9.06. The van der Waals surface area contributed by atoms with Crippen LogP contribution in [0.4, 0.5) is 19.9 Å². The van der Waals surface area contributed by atoms with Crippen molar-refractivity contribution >= 4 is 61.0 Å². The Morgan fingerprint density at radius 1 is 1.41 bits per heavy atom. The lowest BCUT2D eigenvalue weighted by atomic mass is 10.3. The van der Waals surface area contributed by atoms with E-state index in [-0.39, 0.29) is 10.7 Å². The molecule has 0 fully saturated rings. The van der Waals surface area contributed by atoms with Gasteiger partial charge in [0.25, 0.3) is 10.0 Å². The number of rotatable bonds is 7. The Kier molecular flexibility index (Phi) is 6.99. The molecule has 2 aromatic rings. The van der Waals surface area contributed by atoms with E-state index in [2.05, 4.69) is 10.1 Å². The fourth-order valence-corrected chi connectivity index (χ4v) is 4.48. The molecule has 0 unspecified atom stereocenters. The normalized spacial score (nSPS) is 11.0. The summed E-state index contributed by atoms with van der Waals surface area (Å²) in [6.45, 7) is 1.69. The number of carboxylic acids is 1. The summed E-state index contributed by atoms with van der Waals surface area (Å²) >= 11 is 1.56. The molecule has 1 aromatic carbocycles. The van der Waals surface area contributed by atoms with Gasteiger partial charge >= 0.3 is 11.2 Å². The van der Waals surface area contributed by atoms with Crippen LogP contribution in [0.5, 0.6) is 0 Å². The van der Waals surface area contributed by atoms with Gasteiger partial charge in [-0.3, -0.25) is 9.52 Å². The molecule has 0 spiro atoms. The zero-order chi connectivity index (χ0) is 21.8. The number of sulfonamides is 1. The molecule has 15 heteroatoms. The first-order valence-electron chi connectivity index (χ1n) is 7.62. The third-order valence-electron chi connectivity index (χ3n) is 3.11. The van der Waals surface area contributed by atoms with E-state index in [0.29, 0.717) is 16.8 Å². The summed E-state index contributed by atoms with van der Waals surface area (Å²) in [4.78, 5) is 26.2. The molecule has 0 atom stereocenters. The highest BCUT2D eigenvalue weighted by molar-refractivity contribution is 8.13. The van der Waals surface area contributed by atoms with E-state index in [1.54, 1.807) is 6.92 Å². The molecule has 6 N–H and O–H groups in total. The van der Waals surface area contributed by atoms with E-state index in [9.17, 15) is 22.4 Å². The first-order valence-corrected chi connectivity index (χ1v) is 11.0. The number of nitrogens with two attached hydrogens (primary N) is 2. The van der Waals surface area contributed by atoms with Crippen LogP contribution in [0.1, 0.15) is 17.4 Å². The van der Waals surface area contributed by atoms with Crippen molar-refractivity contribution in [3.63, 3.8) is 0 Å². The summed E-state index contributed by atoms with van der Waals surface area (Å²) in [5.74, 6) is -2.65. The van der Waals surface area contributed by atoms with E-state index < -0.39 is 43.6 Å². The van der Waals surface area contributed by atoms with Gasteiger partial charge in [-0.05, 0) is 24.0 Å². The first-order chi connectivity index (χ1) is 13.6. The second-order valence-electron chi connectivity index (χ2n) is 5.09. The van der Waals surface area contributed by atoms with Gasteiger partial charge in [-0.15, -0.1) is 16.4 Å². The first kappa shape index (κ1) is 22.4. The Morgan fingerprint density at radius 3 is 2.66 bits per heavy atom. The molecule has 0 saturated heterocycles. The number of aromatic nitrogens is 1. The number of carbonyl (C=O) groups excluding carboxylic acids is 1. The maximum Gasteiger partial charge on any atom is 0.357 e. The van der Waals surface area contributed by atoms with E-state index >= 15 is 0 Å². The molecule has 1 amide bonds. The number of guanidine groups is 1. The lowest BCUT2D eigenvalue weighted by molar-refractivity contribution is 0.0692. The maximum absolute atomic E-state index is 14.6. The number of benzene rings is 1. The van der Waals surface area contributed by atoms with Gasteiger partial charge in [-0.1, -0.05) is 18.7 Å². The predicted octanol–water partition coefficient (Wildman–Crippen LogP) is 1.65. The summed E-state index contributed by atoms with van der Waals surface area (Å²) in [6.07, 6.45) is 0. The Hall–Kier alpha value is -2.91. The number of amides is 1. The summed E-state index contributed by atoms with van der Waals surface area (Å²) in [5, 5.41) is 12.3. The van der Waals surface area contributed by atoms with Crippen LogP contribution in [0.3, 0.4) is 0 Å². The van der Waals surface area contributed by atoms with Crippen molar-refractivity contribution in [2.45, 2.75) is 11.8 Å². The minimum Gasteiger partial charge on any atom is -0.476 e. The summed E-state index contributed by atoms with van der Waals surface area (Å²) in [7, 11) is -4.33. The molecule has 1 heterocycles. The summed E-state index contributed by atoms with van der Waals surface area (Å²) in [5.41, 5.74) is 10.8. The molecular formula is C14H15FN6O5S3. The fourth-order valence-electron chi connectivity index (χ4n) is 1.97. The lowest BCUT2D eigenvalue weighted by Gasteiger charge is -2.18. The topological polar surface area (TPSA) is 181 Å². The van der Waals surface area contributed by atoms with Crippen molar-refractivity contribution in [2.75, 3.05) is 15.5 Å². The van der Waals surface area contributed by atoms with Crippen LogP contribution in [0.25, 0.3) is 0 Å². The monoisotopic (exact) mass is 462 g/mol. The van der Waals surface area contributed by atoms with Gasteiger partial charge in [0.2, 0.25) is 5.96 Å². The molecule has 0 radical (unpaired) electrons. The zero-order valence-corrected chi connectivity index (χ0v) is 17.1. The van der Waals surface area contributed by atoms with Crippen molar-refractivity contribution < 1.29 is 27.5 Å². The summed E-state index contributed by atoms with van der Waals surface area (Å²) < 4.78 is 41.6. The molecule has 0 aliphatic heterocycles. The molecule has 0 aliphatic carbocycles. The van der Waals surface area contributed by atoms with Gasteiger partial charge in [-0.2, -0.15) is 5.01 Å². The van der Waals surface area contributed by atoms with Crippen molar-refractivity contribution in [1.29, 1.82) is 0 Å². The number of nitrogens with zero attached hydrogens (tertiary/aromatic N) is 3. The highest BCUT2D eigenvalue weighted by atomic mass is 32.2. The maximum atomic E-state index is 14.6. The standard InChI is InChI=1S/C14H15FN6O5S3/c1-2-27-14(24)21(19-13(16)17)9-4-3-7(5-8(9)15)29(25,26)20-11-10(12(22)23)18-6-28-11/h3-6,20H,2H2,1H3,(H,22,23)(H4,16,17,19). The number of anilines is 2. The Bertz CT molecular complexity index is 1070. The van der Waals surface area contributed by atoms with Crippen LogP contribution in [-0.4, -0.2) is 41.4 Å². The predicted molar refractivity (Wildman–Crippen MR) is 108 cm³/mol. The lowest BCUT2D eigenvalue weighted by Crippen LogP contribution is -2.31. The van der Waals surface area contributed by atoms with Crippen molar-refractivity contribution in [3.8, 4) is 0 Å². The Labute approximate surface area is 172 Å². The Balaban J connectivity index is 2.40. The number of hydrazone groups is 1. The van der Waals surface area contributed by atoms with Gasteiger partial charge in [0.15, 0.2) is 5.69 Å². The molecule has 0 aliphatic rings. The minimum absolute atomic E-state index is 0.237. The average Bonchev–Trinajstić information content (AvgIpc) is 3.07. The smallest absolute Gasteiger partial charge is 0.357 e. The van der Waals surface area contributed by atoms with E-state index in [1.807, 2.05) is 4.72 Å². The number of nitrogens with one attached hydrogen (secondary N) is 1. The highest BCUT2D eigenvalue weighted by Gasteiger charge is 2.25. The molecule has 11 nitrogen and oxygen atoms in total. The van der Waals surface area contributed by atoms with Crippen molar-refractivity contribution in [3.05, 3.63) is 35.2 Å². The van der Waals surface area contributed by atoms with Crippen LogP contribution in [0, 0.1) is 5.82 Å². The van der Waals surface area contributed by atoms with Gasteiger partial charge in [0.05, 0.1) is 10.4 Å². The van der Waals surface area contributed by atoms with Crippen LogP contribution in [0.2, 0.25) is 0 Å². The van der Waals surface area contributed by atoms with Gasteiger partial charge in [0, 0.05) is 0 Å². The van der Waals surface area contributed by atoms with Crippen LogP contribution in [-0.2, 0) is 10.0 Å². The summed E-state index contributed by atoms with van der Waals surface area (Å²) in [6, 6.07) is 2.68. The van der Waals surface area contributed by atoms with Gasteiger partial charge in [0.1, 0.15) is 16.5 Å². The van der Waals surface area contributed by atoms with Crippen LogP contribution < -0.4 is 21.2 Å². The third-order valence-corrected chi connectivity index (χ3v) is 6.04. The van der Waals surface area contributed by atoms with Crippen LogP contribution >= 0.6 is 23.1 Å². The fraction of sp³-hybridized carbons (Fsp3) is 0.143. The van der Waals surface area contributed by atoms with Crippen LogP contribution in [0.15, 0.2) is 33.7 Å². The van der Waals surface area contributed by atoms with E-state index in [0.717, 1.165) is 40.7 Å². The SMILES string of the molecule is CCSC(=O)N(N=C(N)N)c1ccc(S(=O)(=O)Nc2scnc2C(=O)O)cc1F. The van der Waals surface area contributed by atoms with Crippen molar-refractivity contribution in [2.24, 2.45) is 16.6 Å². The Morgan fingerprint density at radius 2 is 2.10 bits per heavy atom. The third kappa shape index (κ3) is 5.33.